The van der Waals surface area contributed by atoms with Gasteiger partial charge in [-0.15, -0.1) is 5.10 Å². The molecule has 1 aromatic heterocycles. The third kappa shape index (κ3) is 2.87. The van der Waals surface area contributed by atoms with Gasteiger partial charge in [-0.05, 0) is 6.07 Å². The molecule has 102 valence electrons. The molecular formula is C10H10FN3O4S. The van der Waals surface area contributed by atoms with Crippen LogP contribution < -0.4 is 0 Å². The summed E-state index contributed by atoms with van der Waals surface area (Å²) in [5.74, 6) is -2.47. The van der Waals surface area contributed by atoms with Crippen molar-refractivity contribution < 1.29 is 22.7 Å². The zero-order chi connectivity index (χ0) is 14.2. The van der Waals surface area contributed by atoms with Gasteiger partial charge < -0.3 is 5.11 Å². The first-order valence-corrected chi connectivity index (χ1v) is 7.28. The maximum Gasteiger partial charge on any atom is 0.338 e. The van der Waals surface area contributed by atoms with Crippen molar-refractivity contribution in [2.75, 3.05) is 12.0 Å². The smallest absolute Gasteiger partial charge is 0.338 e. The number of rotatable bonds is 4. The summed E-state index contributed by atoms with van der Waals surface area (Å²) in [6, 6.07) is 2.05. The topological polar surface area (TPSA) is 102 Å². The molecule has 0 amide bonds. The van der Waals surface area contributed by atoms with Crippen LogP contribution in [0.2, 0.25) is 0 Å². The third-order valence-electron chi connectivity index (χ3n) is 2.51. The number of carbonyl (C=O) groups is 1. The molecule has 0 atom stereocenters. The molecule has 0 saturated heterocycles. The Morgan fingerprint density at radius 1 is 1.47 bits per heavy atom. The Hall–Kier alpha value is -2.03. The number of aryl methyl sites for hydroxylation is 1. The van der Waals surface area contributed by atoms with Crippen LogP contribution in [-0.2, 0) is 16.4 Å². The van der Waals surface area contributed by atoms with Crippen molar-refractivity contribution in [3.8, 4) is 0 Å². The van der Waals surface area contributed by atoms with Crippen LogP contribution >= 0.6 is 0 Å². The molecule has 0 radical (unpaired) electrons. The minimum Gasteiger partial charge on any atom is -0.478 e. The van der Waals surface area contributed by atoms with Crippen molar-refractivity contribution in [3.05, 3.63) is 23.5 Å². The van der Waals surface area contributed by atoms with Crippen LogP contribution in [0.15, 0.2) is 12.1 Å². The predicted octanol–water partition coefficient (Wildman–Crippen LogP) is 0.313. The summed E-state index contributed by atoms with van der Waals surface area (Å²) in [7, 11) is -3.18. The molecule has 2 aromatic rings. The Morgan fingerprint density at radius 2 is 2.16 bits per heavy atom. The van der Waals surface area contributed by atoms with E-state index in [4.69, 9.17) is 5.11 Å². The van der Waals surface area contributed by atoms with E-state index >= 15 is 0 Å². The van der Waals surface area contributed by atoms with Gasteiger partial charge in [0.2, 0.25) is 0 Å². The number of hydrogen-bond acceptors (Lipinski definition) is 5. The monoisotopic (exact) mass is 287 g/mol. The SMILES string of the molecule is CS(=O)(=O)CCn1nnc2cc(C(=O)O)c(F)cc21. The van der Waals surface area contributed by atoms with Gasteiger partial charge >= 0.3 is 5.97 Å². The van der Waals surface area contributed by atoms with Crippen LogP contribution in [0.4, 0.5) is 4.39 Å². The largest absolute Gasteiger partial charge is 0.478 e. The number of aromatic nitrogens is 3. The van der Waals surface area contributed by atoms with Crippen LogP contribution in [0, 0.1) is 5.82 Å². The molecule has 0 fully saturated rings. The molecule has 9 heteroatoms. The average Bonchev–Trinajstić information content (AvgIpc) is 2.66. The van der Waals surface area contributed by atoms with E-state index in [1.807, 2.05) is 0 Å². The highest BCUT2D eigenvalue weighted by Crippen LogP contribution is 2.17. The number of nitrogens with zero attached hydrogens (tertiary/aromatic N) is 3. The highest BCUT2D eigenvalue weighted by molar-refractivity contribution is 7.90. The van der Waals surface area contributed by atoms with Crippen molar-refractivity contribution in [1.29, 1.82) is 0 Å². The molecule has 2 rings (SSSR count). The van der Waals surface area contributed by atoms with E-state index in [-0.39, 0.29) is 23.3 Å². The fourth-order valence-electron chi connectivity index (χ4n) is 1.57. The number of carboxylic acid groups (broad SMARTS) is 1. The highest BCUT2D eigenvalue weighted by atomic mass is 32.2. The minimum absolute atomic E-state index is 0.0290. The van der Waals surface area contributed by atoms with Gasteiger partial charge in [-0.3, -0.25) is 0 Å². The molecule has 0 aliphatic carbocycles. The number of halogens is 1. The minimum atomic E-state index is -3.18. The lowest BCUT2D eigenvalue weighted by Crippen LogP contribution is -2.12. The van der Waals surface area contributed by atoms with E-state index in [1.165, 1.54) is 4.68 Å². The molecule has 0 aliphatic rings. The van der Waals surface area contributed by atoms with Gasteiger partial charge in [0.1, 0.15) is 21.2 Å². The predicted molar refractivity (Wildman–Crippen MR) is 64.2 cm³/mol. The van der Waals surface area contributed by atoms with E-state index in [2.05, 4.69) is 10.3 Å². The lowest BCUT2D eigenvalue weighted by atomic mass is 10.2. The van der Waals surface area contributed by atoms with E-state index in [0.29, 0.717) is 0 Å². The molecule has 19 heavy (non-hydrogen) atoms. The summed E-state index contributed by atoms with van der Waals surface area (Å²) in [5.41, 5.74) is -0.0406. The van der Waals surface area contributed by atoms with Gasteiger partial charge in [0.05, 0.1) is 23.4 Å². The Labute approximate surface area is 107 Å². The molecule has 0 unspecified atom stereocenters. The van der Waals surface area contributed by atoms with Crippen molar-refractivity contribution in [1.82, 2.24) is 15.0 Å². The molecular weight excluding hydrogens is 277 g/mol. The number of sulfone groups is 1. The van der Waals surface area contributed by atoms with Gasteiger partial charge in [-0.1, -0.05) is 5.21 Å². The zero-order valence-electron chi connectivity index (χ0n) is 9.87. The Balaban J connectivity index is 2.44. The Kier molecular flexibility index (Phi) is 3.23. The van der Waals surface area contributed by atoms with E-state index in [9.17, 15) is 17.6 Å². The number of carboxylic acids is 1. The first-order valence-electron chi connectivity index (χ1n) is 5.22. The van der Waals surface area contributed by atoms with Gasteiger partial charge in [0.15, 0.2) is 0 Å². The zero-order valence-corrected chi connectivity index (χ0v) is 10.7. The van der Waals surface area contributed by atoms with Crippen molar-refractivity contribution >= 4 is 26.8 Å². The molecule has 0 spiro atoms. The molecule has 1 N–H and O–H groups in total. The van der Waals surface area contributed by atoms with Gasteiger partial charge in [-0.2, -0.15) is 0 Å². The van der Waals surface area contributed by atoms with Crippen LogP contribution in [0.1, 0.15) is 10.4 Å². The number of fused-ring (bicyclic) bond motifs is 1. The maximum absolute atomic E-state index is 13.5. The second kappa shape index (κ2) is 4.57. The van der Waals surface area contributed by atoms with Crippen molar-refractivity contribution in [3.63, 3.8) is 0 Å². The molecule has 1 aromatic carbocycles. The molecule has 1 heterocycles. The summed E-state index contributed by atoms with van der Waals surface area (Å²) >= 11 is 0. The summed E-state index contributed by atoms with van der Waals surface area (Å²) in [6.07, 6.45) is 1.08. The van der Waals surface area contributed by atoms with Crippen molar-refractivity contribution in [2.45, 2.75) is 6.54 Å². The standard InChI is InChI=1S/C10H10FN3O4S/c1-19(17,18)3-2-14-9-5-7(11)6(10(15)16)4-8(9)12-13-14/h4-5H,2-3H2,1H3,(H,15,16). The second-order valence-corrected chi connectivity index (χ2v) is 6.33. The highest BCUT2D eigenvalue weighted by Gasteiger charge is 2.15. The summed E-state index contributed by atoms with van der Waals surface area (Å²) in [5, 5.41) is 16.1. The Morgan fingerprint density at radius 3 is 2.74 bits per heavy atom. The summed E-state index contributed by atoms with van der Waals surface area (Å²) in [6.45, 7) is 0.0290. The first kappa shape index (κ1) is 13.4. The van der Waals surface area contributed by atoms with Crippen LogP contribution in [0.5, 0.6) is 0 Å². The lowest BCUT2D eigenvalue weighted by Gasteiger charge is -2.02. The van der Waals surface area contributed by atoms with Crippen LogP contribution in [0.25, 0.3) is 11.0 Å². The number of hydrogen-bond donors (Lipinski definition) is 1. The van der Waals surface area contributed by atoms with E-state index in [1.54, 1.807) is 0 Å². The third-order valence-corrected chi connectivity index (χ3v) is 3.43. The fourth-order valence-corrected chi connectivity index (χ4v) is 2.07. The maximum atomic E-state index is 13.5. The Bertz CT molecular complexity index is 753. The van der Waals surface area contributed by atoms with E-state index < -0.39 is 27.2 Å². The fraction of sp³-hybridized carbons (Fsp3) is 0.300. The second-order valence-electron chi connectivity index (χ2n) is 4.07. The number of aromatic carboxylic acids is 1. The molecule has 0 aliphatic heterocycles. The molecule has 0 bridgehead atoms. The summed E-state index contributed by atoms with van der Waals surface area (Å²) < 4.78 is 36.9. The van der Waals surface area contributed by atoms with Crippen LogP contribution in [-0.4, -0.2) is 46.5 Å². The van der Waals surface area contributed by atoms with Crippen LogP contribution in [0.3, 0.4) is 0 Å². The molecule has 7 nitrogen and oxygen atoms in total. The van der Waals surface area contributed by atoms with Gasteiger partial charge in [0, 0.05) is 12.3 Å². The summed E-state index contributed by atoms with van der Waals surface area (Å²) in [4.78, 5) is 10.8. The quantitative estimate of drug-likeness (QED) is 0.868. The number of benzene rings is 1. The lowest BCUT2D eigenvalue weighted by molar-refractivity contribution is 0.0692. The molecule has 0 saturated carbocycles. The average molecular weight is 287 g/mol. The van der Waals surface area contributed by atoms with Gasteiger partial charge in [0.25, 0.3) is 0 Å². The van der Waals surface area contributed by atoms with E-state index in [0.717, 1.165) is 18.4 Å². The van der Waals surface area contributed by atoms with Crippen molar-refractivity contribution in [2.24, 2.45) is 0 Å². The first-order chi connectivity index (χ1) is 8.78. The van der Waals surface area contributed by atoms with Gasteiger partial charge in [-0.25, -0.2) is 22.3 Å². The normalized spacial score (nSPS) is 11.9.